The van der Waals surface area contributed by atoms with Crippen LogP contribution in [0.15, 0.2) is 53.9 Å². The van der Waals surface area contributed by atoms with Crippen LogP contribution in [0, 0.1) is 6.92 Å². The molecule has 2 aliphatic rings. The van der Waals surface area contributed by atoms with Crippen LogP contribution < -0.4 is 5.32 Å². The topological polar surface area (TPSA) is 49.4 Å². The standard InChI is InChI=1S/C26H28N2O2S/c1-18-10-11-23-21(13-18)20(16-31-23)14-25(30)28-15-22(19-7-3-2-4-8-19)26(17-28)12-6-5-9-24(29)27-26/h2-4,7-8,10-11,13,16,22H,5-6,9,12,14-15,17H2,1H3,(H,27,29)/t22-,26+/m0/s1. The lowest BCUT2D eigenvalue weighted by Crippen LogP contribution is -2.52. The number of nitrogens with one attached hydrogen (secondary N) is 1. The molecule has 1 aromatic heterocycles. The molecule has 0 bridgehead atoms. The molecule has 2 aliphatic heterocycles. The number of hydrogen-bond acceptors (Lipinski definition) is 3. The highest BCUT2D eigenvalue weighted by atomic mass is 32.1. The van der Waals surface area contributed by atoms with Crippen LogP contribution >= 0.6 is 11.3 Å². The minimum absolute atomic E-state index is 0.118. The summed E-state index contributed by atoms with van der Waals surface area (Å²) in [4.78, 5) is 27.9. The van der Waals surface area contributed by atoms with Crippen LogP contribution in [0.1, 0.15) is 48.3 Å². The van der Waals surface area contributed by atoms with E-state index in [9.17, 15) is 9.59 Å². The molecule has 31 heavy (non-hydrogen) atoms. The number of likely N-dealkylation sites (tertiary alicyclic amines) is 1. The number of hydrogen-bond donors (Lipinski definition) is 1. The number of carbonyl (C=O) groups is 2. The van der Waals surface area contributed by atoms with Crippen molar-refractivity contribution >= 4 is 33.2 Å². The van der Waals surface area contributed by atoms with Crippen molar-refractivity contribution in [1.29, 1.82) is 0 Å². The van der Waals surface area contributed by atoms with Gasteiger partial charge in [0, 0.05) is 30.1 Å². The van der Waals surface area contributed by atoms with Crippen molar-refractivity contribution in [2.45, 2.75) is 50.5 Å². The summed E-state index contributed by atoms with van der Waals surface area (Å²) < 4.78 is 1.23. The van der Waals surface area contributed by atoms with Crippen molar-refractivity contribution < 1.29 is 9.59 Å². The summed E-state index contributed by atoms with van der Waals surface area (Å²) in [6.07, 6.45) is 3.84. The molecule has 0 saturated carbocycles. The molecule has 1 N–H and O–H groups in total. The molecule has 0 aliphatic carbocycles. The maximum absolute atomic E-state index is 13.4. The third-order valence-electron chi connectivity index (χ3n) is 6.91. The van der Waals surface area contributed by atoms with Gasteiger partial charge < -0.3 is 10.2 Å². The van der Waals surface area contributed by atoms with E-state index in [2.05, 4.69) is 48.0 Å². The zero-order valence-corrected chi connectivity index (χ0v) is 18.7. The van der Waals surface area contributed by atoms with E-state index >= 15 is 0 Å². The van der Waals surface area contributed by atoms with E-state index in [1.54, 1.807) is 11.3 Å². The molecule has 2 fully saturated rings. The van der Waals surface area contributed by atoms with Gasteiger partial charge in [0.1, 0.15) is 0 Å². The molecule has 2 saturated heterocycles. The molecular formula is C26H28N2O2S. The first-order chi connectivity index (χ1) is 15.0. The summed E-state index contributed by atoms with van der Waals surface area (Å²) in [6, 6.07) is 16.8. The highest BCUT2D eigenvalue weighted by molar-refractivity contribution is 7.17. The number of fused-ring (bicyclic) bond motifs is 1. The number of benzene rings is 2. The Labute approximate surface area is 187 Å². The van der Waals surface area contributed by atoms with Crippen molar-refractivity contribution in [2.24, 2.45) is 0 Å². The Morgan fingerprint density at radius 3 is 2.87 bits per heavy atom. The molecule has 4 nitrogen and oxygen atoms in total. The minimum Gasteiger partial charge on any atom is -0.348 e. The Morgan fingerprint density at radius 1 is 1.19 bits per heavy atom. The number of nitrogens with zero attached hydrogens (tertiary/aromatic N) is 1. The van der Waals surface area contributed by atoms with Gasteiger partial charge in [0.25, 0.3) is 0 Å². The summed E-state index contributed by atoms with van der Waals surface area (Å²) in [5, 5.41) is 6.66. The maximum atomic E-state index is 13.4. The summed E-state index contributed by atoms with van der Waals surface area (Å²) in [5.41, 5.74) is 3.16. The van der Waals surface area contributed by atoms with Gasteiger partial charge in [-0.3, -0.25) is 9.59 Å². The fourth-order valence-electron chi connectivity index (χ4n) is 5.33. The Morgan fingerprint density at radius 2 is 2.03 bits per heavy atom. The zero-order valence-electron chi connectivity index (χ0n) is 17.9. The van der Waals surface area contributed by atoms with Crippen LogP contribution in [0.5, 0.6) is 0 Å². The molecule has 2 atom stereocenters. The van der Waals surface area contributed by atoms with E-state index in [1.807, 2.05) is 23.1 Å². The van der Waals surface area contributed by atoms with E-state index in [0.29, 0.717) is 25.9 Å². The average molecular weight is 433 g/mol. The van der Waals surface area contributed by atoms with Gasteiger partial charge in [-0.05, 0) is 47.7 Å². The summed E-state index contributed by atoms with van der Waals surface area (Å²) in [5.74, 6) is 0.394. The van der Waals surface area contributed by atoms with E-state index in [4.69, 9.17) is 0 Å². The molecule has 2 amide bonds. The van der Waals surface area contributed by atoms with Gasteiger partial charge in [-0.1, -0.05) is 54.4 Å². The van der Waals surface area contributed by atoms with Gasteiger partial charge in [-0.2, -0.15) is 0 Å². The van der Waals surface area contributed by atoms with Gasteiger partial charge >= 0.3 is 0 Å². The normalized spacial score (nSPS) is 23.8. The fraction of sp³-hybridized carbons (Fsp3) is 0.385. The van der Waals surface area contributed by atoms with Gasteiger partial charge in [0.05, 0.1) is 12.0 Å². The quantitative estimate of drug-likeness (QED) is 0.646. The average Bonchev–Trinajstić information content (AvgIpc) is 3.27. The molecule has 2 aromatic carbocycles. The van der Waals surface area contributed by atoms with E-state index < -0.39 is 0 Å². The van der Waals surface area contributed by atoms with Crippen LogP contribution in [-0.2, 0) is 16.0 Å². The first-order valence-corrected chi connectivity index (χ1v) is 12.0. The van der Waals surface area contributed by atoms with Gasteiger partial charge in [-0.15, -0.1) is 11.3 Å². The summed E-state index contributed by atoms with van der Waals surface area (Å²) in [7, 11) is 0. The highest BCUT2D eigenvalue weighted by Crippen LogP contribution is 2.41. The van der Waals surface area contributed by atoms with E-state index in [-0.39, 0.29) is 23.3 Å². The SMILES string of the molecule is Cc1ccc2scc(CC(=O)N3C[C@@H](c4ccccc4)[C@@]4(CCCCC(=O)N4)C3)c2c1. The molecule has 0 radical (unpaired) electrons. The van der Waals surface area contributed by atoms with Crippen molar-refractivity contribution in [3.63, 3.8) is 0 Å². The Kier molecular flexibility index (Phi) is 5.30. The predicted molar refractivity (Wildman–Crippen MR) is 125 cm³/mol. The van der Waals surface area contributed by atoms with Crippen molar-refractivity contribution in [1.82, 2.24) is 10.2 Å². The molecule has 5 heteroatoms. The maximum Gasteiger partial charge on any atom is 0.227 e. The van der Waals surface area contributed by atoms with Gasteiger partial charge in [0.15, 0.2) is 0 Å². The first kappa shape index (κ1) is 20.3. The van der Waals surface area contributed by atoms with Crippen molar-refractivity contribution in [2.75, 3.05) is 13.1 Å². The van der Waals surface area contributed by atoms with E-state index in [0.717, 1.165) is 24.8 Å². The lowest BCUT2D eigenvalue weighted by atomic mass is 9.79. The van der Waals surface area contributed by atoms with Crippen LogP contribution in [0.4, 0.5) is 0 Å². The highest BCUT2D eigenvalue weighted by Gasteiger charge is 2.49. The molecule has 5 rings (SSSR count). The van der Waals surface area contributed by atoms with Crippen LogP contribution in [0.25, 0.3) is 10.1 Å². The summed E-state index contributed by atoms with van der Waals surface area (Å²) in [6.45, 7) is 3.34. The smallest absolute Gasteiger partial charge is 0.227 e. The third kappa shape index (κ3) is 3.87. The molecule has 0 unspecified atom stereocenters. The van der Waals surface area contributed by atoms with Crippen molar-refractivity contribution in [3.8, 4) is 0 Å². The number of aryl methyl sites for hydroxylation is 1. The molecule has 160 valence electrons. The number of amides is 2. The second kappa shape index (κ2) is 8.12. The summed E-state index contributed by atoms with van der Waals surface area (Å²) >= 11 is 1.70. The van der Waals surface area contributed by atoms with Gasteiger partial charge in [0.2, 0.25) is 11.8 Å². The number of carbonyl (C=O) groups excluding carboxylic acids is 2. The second-order valence-corrected chi connectivity index (χ2v) is 10.00. The molecule has 3 aromatic rings. The van der Waals surface area contributed by atoms with Gasteiger partial charge in [-0.25, -0.2) is 0 Å². The fourth-order valence-corrected chi connectivity index (χ4v) is 6.27. The lowest BCUT2D eigenvalue weighted by molar-refractivity contribution is -0.130. The van der Waals surface area contributed by atoms with Crippen LogP contribution in [-0.4, -0.2) is 35.3 Å². The molecule has 1 spiro atoms. The Balaban J connectivity index is 1.43. The molecule has 3 heterocycles. The van der Waals surface area contributed by atoms with Crippen LogP contribution in [0.3, 0.4) is 0 Å². The van der Waals surface area contributed by atoms with Crippen LogP contribution in [0.2, 0.25) is 0 Å². The second-order valence-electron chi connectivity index (χ2n) is 9.09. The zero-order chi connectivity index (χ0) is 21.4. The first-order valence-electron chi connectivity index (χ1n) is 11.1. The number of rotatable bonds is 3. The van der Waals surface area contributed by atoms with Crippen molar-refractivity contribution in [3.05, 3.63) is 70.6 Å². The minimum atomic E-state index is -0.363. The Hall–Kier alpha value is -2.66. The lowest BCUT2D eigenvalue weighted by Gasteiger charge is -2.34. The Bertz CT molecular complexity index is 1120. The largest absolute Gasteiger partial charge is 0.348 e. The predicted octanol–water partition coefficient (Wildman–Crippen LogP) is 4.81. The monoisotopic (exact) mass is 432 g/mol. The van der Waals surface area contributed by atoms with E-state index in [1.165, 1.54) is 21.2 Å². The molecular weight excluding hydrogens is 404 g/mol. The number of thiophene rings is 1. The third-order valence-corrected chi connectivity index (χ3v) is 7.93.